The number of benzene rings is 1. The molecule has 152 valence electrons. The molecule has 0 saturated carbocycles. The summed E-state index contributed by atoms with van der Waals surface area (Å²) >= 11 is 0. The normalized spacial score (nSPS) is 15.0. The Balaban J connectivity index is 1.39. The molecule has 0 bridgehead atoms. The summed E-state index contributed by atoms with van der Waals surface area (Å²) in [6.07, 6.45) is 4.08. The molecular weight excluding hydrogens is 366 g/mol. The van der Waals surface area contributed by atoms with Gasteiger partial charge in [0.05, 0.1) is 0 Å². The minimum absolute atomic E-state index is 0.0476. The molecule has 0 unspecified atom stereocenters. The van der Waals surface area contributed by atoms with Crippen molar-refractivity contribution in [3.63, 3.8) is 0 Å². The van der Waals surface area contributed by atoms with Gasteiger partial charge in [0.25, 0.3) is 0 Å². The summed E-state index contributed by atoms with van der Waals surface area (Å²) in [5, 5.41) is 12.4. The van der Waals surface area contributed by atoms with Crippen molar-refractivity contribution in [2.24, 2.45) is 11.7 Å². The fraction of sp³-hybridized carbons (Fsp3) is 0.429. The van der Waals surface area contributed by atoms with Crippen LogP contribution < -0.4 is 10.6 Å². The summed E-state index contributed by atoms with van der Waals surface area (Å²) in [7, 11) is 0. The summed E-state index contributed by atoms with van der Waals surface area (Å²) in [4.78, 5) is 17.4. The second-order valence-electron chi connectivity index (χ2n) is 7.47. The van der Waals surface area contributed by atoms with Gasteiger partial charge in [-0.1, -0.05) is 30.3 Å². The number of piperidine rings is 1. The molecule has 1 amide bonds. The van der Waals surface area contributed by atoms with Crippen LogP contribution in [0, 0.1) is 5.92 Å². The van der Waals surface area contributed by atoms with Crippen molar-refractivity contribution in [2.45, 2.75) is 25.8 Å². The van der Waals surface area contributed by atoms with E-state index in [4.69, 9.17) is 5.73 Å². The van der Waals surface area contributed by atoms with E-state index in [1.54, 1.807) is 10.8 Å². The van der Waals surface area contributed by atoms with Gasteiger partial charge >= 0.3 is 0 Å². The molecule has 3 aromatic rings. The number of nitrogens with two attached hydrogens (primary N) is 1. The fourth-order valence-electron chi connectivity index (χ4n) is 3.85. The van der Waals surface area contributed by atoms with E-state index in [-0.39, 0.29) is 11.8 Å². The summed E-state index contributed by atoms with van der Waals surface area (Å²) < 4.78 is 1.68. The molecule has 1 aliphatic rings. The number of amides is 1. The maximum atomic E-state index is 13.2. The highest BCUT2D eigenvalue weighted by atomic mass is 16.2. The number of fused-ring (bicyclic) bond motifs is 1. The Labute approximate surface area is 170 Å². The molecule has 1 aromatic carbocycles. The van der Waals surface area contributed by atoms with Crippen LogP contribution in [0.15, 0.2) is 48.8 Å². The van der Waals surface area contributed by atoms with Crippen LogP contribution in [0.25, 0.3) is 5.65 Å². The number of hydrogen-bond acceptors (Lipinski definition) is 6. The number of carbonyl (C=O) groups is 1. The molecule has 4 rings (SSSR count). The van der Waals surface area contributed by atoms with Crippen molar-refractivity contribution in [2.75, 3.05) is 31.1 Å². The molecule has 1 fully saturated rings. The molecular formula is C21H27N7O. The van der Waals surface area contributed by atoms with E-state index in [0.29, 0.717) is 19.6 Å². The van der Waals surface area contributed by atoms with Crippen LogP contribution in [0.2, 0.25) is 0 Å². The third kappa shape index (κ3) is 4.54. The number of carbonyl (C=O) groups excluding carboxylic acids is 1. The van der Waals surface area contributed by atoms with E-state index in [2.05, 4.69) is 32.3 Å². The van der Waals surface area contributed by atoms with Crippen LogP contribution >= 0.6 is 0 Å². The third-order valence-corrected chi connectivity index (χ3v) is 5.48. The zero-order valence-electron chi connectivity index (χ0n) is 16.5. The van der Waals surface area contributed by atoms with Gasteiger partial charge in [0.1, 0.15) is 12.1 Å². The van der Waals surface area contributed by atoms with Gasteiger partial charge in [0.15, 0.2) is 5.65 Å². The number of hydrogen-bond donors (Lipinski definition) is 1. The van der Waals surface area contributed by atoms with Crippen molar-refractivity contribution in [3.8, 4) is 0 Å². The highest BCUT2D eigenvalue weighted by Crippen LogP contribution is 2.24. The predicted octanol–water partition coefficient (Wildman–Crippen LogP) is 1.72. The average Bonchev–Trinajstić information content (AvgIpc) is 3.25. The first kappa shape index (κ1) is 19.3. The predicted molar refractivity (Wildman–Crippen MR) is 111 cm³/mol. The van der Waals surface area contributed by atoms with Gasteiger partial charge in [0.2, 0.25) is 5.91 Å². The molecule has 3 heterocycles. The summed E-state index contributed by atoms with van der Waals surface area (Å²) in [6, 6.07) is 14.0. The van der Waals surface area contributed by atoms with E-state index in [1.165, 1.54) is 0 Å². The molecule has 2 aromatic heterocycles. The number of aromatic nitrogens is 4. The minimum Gasteiger partial charge on any atom is -0.355 e. The maximum Gasteiger partial charge on any atom is 0.226 e. The number of nitrogens with zero attached hydrogens (tertiary/aromatic N) is 6. The van der Waals surface area contributed by atoms with E-state index >= 15 is 0 Å². The molecule has 0 radical (unpaired) electrons. The Hall–Kier alpha value is -3.00. The summed E-state index contributed by atoms with van der Waals surface area (Å²) in [5.74, 6) is 1.18. The highest BCUT2D eigenvalue weighted by Gasteiger charge is 2.29. The average molecular weight is 393 g/mol. The van der Waals surface area contributed by atoms with Gasteiger partial charge in [-0.2, -0.15) is 4.52 Å². The van der Waals surface area contributed by atoms with Gasteiger partial charge in [0, 0.05) is 32.1 Å². The van der Waals surface area contributed by atoms with Crippen molar-refractivity contribution in [3.05, 3.63) is 54.4 Å². The Kier molecular flexibility index (Phi) is 6.00. The van der Waals surface area contributed by atoms with Crippen LogP contribution in [0.5, 0.6) is 0 Å². The molecule has 0 aliphatic carbocycles. The largest absolute Gasteiger partial charge is 0.355 e. The van der Waals surface area contributed by atoms with Gasteiger partial charge in [-0.25, -0.2) is 0 Å². The topological polar surface area (TPSA) is 92.6 Å². The fourth-order valence-corrected chi connectivity index (χ4v) is 3.85. The maximum absolute atomic E-state index is 13.2. The smallest absolute Gasteiger partial charge is 0.226 e. The quantitative estimate of drug-likeness (QED) is 0.657. The standard InChI is InChI=1S/C21H27N7O/c22-11-4-12-27(15-17-5-2-1-3-6-17)21(29)18-9-13-26(14-10-18)20-8-7-19-24-23-16-28(19)25-20/h1-3,5-8,16,18H,4,9-15,22H2. The van der Waals surface area contributed by atoms with Crippen molar-refractivity contribution in [1.29, 1.82) is 0 Å². The third-order valence-electron chi connectivity index (χ3n) is 5.48. The summed E-state index contributed by atoms with van der Waals surface area (Å²) in [5.41, 5.74) is 7.59. The minimum atomic E-state index is 0.0476. The molecule has 1 aliphatic heterocycles. The lowest BCUT2D eigenvalue weighted by Crippen LogP contribution is -2.43. The van der Waals surface area contributed by atoms with Crippen LogP contribution in [-0.2, 0) is 11.3 Å². The first-order valence-corrected chi connectivity index (χ1v) is 10.2. The van der Waals surface area contributed by atoms with Crippen molar-refractivity contribution < 1.29 is 4.79 Å². The highest BCUT2D eigenvalue weighted by molar-refractivity contribution is 5.79. The monoisotopic (exact) mass is 393 g/mol. The van der Waals surface area contributed by atoms with E-state index in [9.17, 15) is 4.79 Å². The van der Waals surface area contributed by atoms with Crippen LogP contribution in [0.3, 0.4) is 0 Å². The molecule has 8 nitrogen and oxygen atoms in total. The van der Waals surface area contributed by atoms with Gasteiger partial charge in [-0.15, -0.1) is 15.3 Å². The number of anilines is 1. The molecule has 8 heteroatoms. The Morgan fingerprint density at radius 3 is 2.69 bits per heavy atom. The first-order chi connectivity index (χ1) is 14.2. The van der Waals surface area contributed by atoms with Crippen LogP contribution in [0.4, 0.5) is 5.82 Å². The zero-order chi connectivity index (χ0) is 20.1. The van der Waals surface area contributed by atoms with Crippen LogP contribution in [0.1, 0.15) is 24.8 Å². The van der Waals surface area contributed by atoms with Crippen molar-refractivity contribution in [1.82, 2.24) is 24.7 Å². The van der Waals surface area contributed by atoms with Crippen molar-refractivity contribution >= 4 is 17.4 Å². The van der Waals surface area contributed by atoms with Gasteiger partial charge < -0.3 is 15.5 Å². The lowest BCUT2D eigenvalue weighted by Gasteiger charge is -2.35. The molecule has 2 N–H and O–H groups in total. The van der Waals surface area contributed by atoms with Gasteiger partial charge in [-0.3, -0.25) is 4.79 Å². The Morgan fingerprint density at radius 1 is 1.14 bits per heavy atom. The first-order valence-electron chi connectivity index (χ1n) is 10.2. The molecule has 0 spiro atoms. The molecule has 29 heavy (non-hydrogen) atoms. The molecule has 0 atom stereocenters. The Morgan fingerprint density at radius 2 is 1.93 bits per heavy atom. The summed E-state index contributed by atoms with van der Waals surface area (Å²) in [6.45, 7) is 3.57. The van der Waals surface area contributed by atoms with Gasteiger partial charge in [-0.05, 0) is 43.5 Å². The van der Waals surface area contributed by atoms with E-state index in [0.717, 1.165) is 49.4 Å². The van der Waals surface area contributed by atoms with E-state index < -0.39 is 0 Å². The SMILES string of the molecule is NCCCN(Cc1ccccc1)C(=O)C1CCN(c2ccc3nncn3n2)CC1. The van der Waals surface area contributed by atoms with Crippen LogP contribution in [-0.4, -0.2) is 56.8 Å². The second kappa shape index (κ2) is 9.00. The zero-order valence-corrected chi connectivity index (χ0v) is 16.5. The second-order valence-corrected chi connectivity index (χ2v) is 7.47. The lowest BCUT2D eigenvalue weighted by molar-refractivity contribution is -0.136. The lowest BCUT2D eigenvalue weighted by atomic mass is 9.95. The molecule has 1 saturated heterocycles. The van der Waals surface area contributed by atoms with E-state index in [1.807, 2.05) is 35.2 Å². The Bertz CT molecular complexity index is 934. The number of rotatable bonds is 7.